The molecule has 2 unspecified atom stereocenters. The molecule has 0 radical (unpaired) electrons. The summed E-state index contributed by atoms with van der Waals surface area (Å²) in [6, 6.07) is -0.111. The molecule has 1 saturated heterocycles. The van der Waals surface area contributed by atoms with Gasteiger partial charge in [-0.05, 0) is 19.9 Å². The van der Waals surface area contributed by atoms with Gasteiger partial charge in [-0.25, -0.2) is 8.42 Å². The van der Waals surface area contributed by atoms with Crippen molar-refractivity contribution < 1.29 is 13.2 Å². The molecule has 7 nitrogen and oxygen atoms in total. The van der Waals surface area contributed by atoms with Gasteiger partial charge in [0.2, 0.25) is 10.0 Å². The third-order valence-electron chi connectivity index (χ3n) is 3.86. The number of hydrogen-bond donors (Lipinski definition) is 1. The topological polar surface area (TPSA) is 76.5 Å². The molecule has 0 aromatic carbocycles. The molecule has 2 rings (SSSR count). The number of nitrogens with zero attached hydrogens (tertiary/aromatic N) is 3. The van der Waals surface area contributed by atoms with Crippen molar-refractivity contribution in [2.45, 2.75) is 43.9 Å². The maximum absolute atomic E-state index is 12.6. The van der Waals surface area contributed by atoms with Crippen LogP contribution in [0.5, 0.6) is 0 Å². The average molecular weight is 316 g/mol. The summed E-state index contributed by atoms with van der Waals surface area (Å²) in [6.45, 7) is 6.84. The SMILES string of the molecule is CCNCCn1cc(S(=O)(=O)N(C)C2CCOC2C)cn1. The van der Waals surface area contributed by atoms with Gasteiger partial charge >= 0.3 is 0 Å². The van der Waals surface area contributed by atoms with E-state index in [9.17, 15) is 8.42 Å². The van der Waals surface area contributed by atoms with E-state index in [-0.39, 0.29) is 17.0 Å². The Hall–Kier alpha value is -0.960. The van der Waals surface area contributed by atoms with E-state index >= 15 is 0 Å². The molecule has 21 heavy (non-hydrogen) atoms. The van der Waals surface area contributed by atoms with E-state index in [1.54, 1.807) is 17.9 Å². The zero-order chi connectivity index (χ0) is 15.5. The molecule has 0 aliphatic carbocycles. The van der Waals surface area contributed by atoms with Crippen LogP contribution in [-0.2, 0) is 21.3 Å². The van der Waals surface area contributed by atoms with Crippen LogP contribution in [-0.4, -0.2) is 61.4 Å². The summed E-state index contributed by atoms with van der Waals surface area (Å²) in [7, 11) is -1.90. The second-order valence-electron chi connectivity index (χ2n) is 5.25. The van der Waals surface area contributed by atoms with E-state index < -0.39 is 10.0 Å². The number of sulfonamides is 1. The summed E-state index contributed by atoms with van der Waals surface area (Å²) < 4.78 is 33.7. The van der Waals surface area contributed by atoms with Gasteiger partial charge in [0, 0.05) is 26.4 Å². The second kappa shape index (κ2) is 6.87. The number of nitrogens with one attached hydrogen (secondary N) is 1. The molecule has 0 bridgehead atoms. The summed E-state index contributed by atoms with van der Waals surface area (Å²) in [5.74, 6) is 0. The van der Waals surface area contributed by atoms with Gasteiger partial charge in [0.05, 0.1) is 24.9 Å². The number of likely N-dealkylation sites (N-methyl/N-ethyl adjacent to an activating group) is 2. The lowest BCUT2D eigenvalue weighted by atomic mass is 10.2. The van der Waals surface area contributed by atoms with Crippen LogP contribution in [0.25, 0.3) is 0 Å². The lowest BCUT2D eigenvalue weighted by molar-refractivity contribution is 0.102. The zero-order valence-electron chi connectivity index (χ0n) is 12.8. The molecular formula is C13H24N4O3S. The predicted molar refractivity (Wildman–Crippen MR) is 79.5 cm³/mol. The molecule has 0 amide bonds. The fourth-order valence-corrected chi connectivity index (χ4v) is 3.91. The first-order valence-corrected chi connectivity index (χ1v) is 8.73. The van der Waals surface area contributed by atoms with E-state index in [0.29, 0.717) is 13.2 Å². The van der Waals surface area contributed by atoms with Crippen molar-refractivity contribution in [1.82, 2.24) is 19.4 Å². The van der Waals surface area contributed by atoms with Crippen LogP contribution < -0.4 is 5.32 Å². The van der Waals surface area contributed by atoms with Crippen LogP contribution in [0.4, 0.5) is 0 Å². The van der Waals surface area contributed by atoms with Gasteiger partial charge in [0.25, 0.3) is 0 Å². The molecule has 2 atom stereocenters. The first-order chi connectivity index (χ1) is 9.96. The van der Waals surface area contributed by atoms with Crippen molar-refractivity contribution in [3.63, 3.8) is 0 Å². The van der Waals surface area contributed by atoms with Crippen LogP contribution in [0.1, 0.15) is 20.3 Å². The highest BCUT2D eigenvalue weighted by Gasteiger charge is 2.35. The first kappa shape index (κ1) is 16.4. The van der Waals surface area contributed by atoms with Crippen molar-refractivity contribution >= 4 is 10.0 Å². The Kier molecular flexibility index (Phi) is 5.37. The Balaban J connectivity index is 2.08. The van der Waals surface area contributed by atoms with Gasteiger partial charge in [-0.3, -0.25) is 4.68 Å². The molecule has 1 aliphatic rings. The van der Waals surface area contributed by atoms with Crippen LogP contribution >= 0.6 is 0 Å². The Morgan fingerprint density at radius 2 is 2.33 bits per heavy atom. The van der Waals surface area contributed by atoms with E-state index in [1.165, 1.54) is 10.5 Å². The lowest BCUT2D eigenvalue weighted by Gasteiger charge is -2.25. The van der Waals surface area contributed by atoms with E-state index in [1.807, 2.05) is 13.8 Å². The summed E-state index contributed by atoms with van der Waals surface area (Å²) in [4.78, 5) is 0.237. The minimum Gasteiger partial charge on any atom is -0.377 e. The quantitative estimate of drug-likeness (QED) is 0.732. The monoisotopic (exact) mass is 316 g/mol. The average Bonchev–Trinajstić information content (AvgIpc) is 3.07. The fraction of sp³-hybridized carbons (Fsp3) is 0.769. The van der Waals surface area contributed by atoms with E-state index in [4.69, 9.17) is 4.74 Å². The summed E-state index contributed by atoms with van der Waals surface area (Å²) in [6.07, 6.45) is 3.65. The van der Waals surface area contributed by atoms with Crippen molar-refractivity contribution in [3.8, 4) is 0 Å². The molecular weight excluding hydrogens is 292 g/mol. The Bertz CT molecular complexity index is 558. The van der Waals surface area contributed by atoms with Crippen LogP contribution in [0.3, 0.4) is 0 Å². The first-order valence-electron chi connectivity index (χ1n) is 7.29. The molecule has 8 heteroatoms. The Labute approximate surface area is 126 Å². The van der Waals surface area contributed by atoms with Crippen molar-refractivity contribution in [2.75, 3.05) is 26.7 Å². The molecule has 120 valence electrons. The minimum absolute atomic E-state index is 0.0754. The van der Waals surface area contributed by atoms with E-state index in [2.05, 4.69) is 10.4 Å². The van der Waals surface area contributed by atoms with Gasteiger partial charge in [-0.1, -0.05) is 6.92 Å². The molecule has 2 heterocycles. The molecule has 1 aromatic rings. The number of rotatable bonds is 7. The number of hydrogen-bond acceptors (Lipinski definition) is 5. The van der Waals surface area contributed by atoms with Crippen LogP contribution in [0.2, 0.25) is 0 Å². The highest BCUT2D eigenvalue weighted by Crippen LogP contribution is 2.24. The Morgan fingerprint density at radius 3 is 2.95 bits per heavy atom. The van der Waals surface area contributed by atoms with Crippen molar-refractivity contribution in [2.24, 2.45) is 0 Å². The van der Waals surface area contributed by atoms with Crippen LogP contribution in [0, 0.1) is 0 Å². The molecule has 1 fully saturated rings. The third-order valence-corrected chi connectivity index (χ3v) is 5.69. The van der Waals surface area contributed by atoms with Gasteiger partial charge in [-0.2, -0.15) is 9.40 Å². The zero-order valence-corrected chi connectivity index (χ0v) is 13.6. The van der Waals surface area contributed by atoms with Gasteiger partial charge in [0.1, 0.15) is 4.90 Å². The summed E-state index contributed by atoms with van der Waals surface area (Å²) in [5, 5.41) is 7.30. The number of aromatic nitrogens is 2. The maximum Gasteiger partial charge on any atom is 0.246 e. The molecule has 1 aromatic heterocycles. The molecule has 0 spiro atoms. The normalized spacial score (nSPS) is 23.0. The molecule has 0 saturated carbocycles. The lowest BCUT2D eigenvalue weighted by Crippen LogP contribution is -2.40. The van der Waals surface area contributed by atoms with Gasteiger partial charge in [-0.15, -0.1) is 0 Å². The van der Waals surface area contributed by atoms with E-state index in [0.717, 1.165) is 19.5 Å². The smallest absolute Gasteiger partial charge is 0.246 e. The molecule has 1 N–H and O–H groups in total. The third kappa shape index (κ3) is 3.63. The highest BCUT2D eigenvalue weighted by atomic mass is 32.2. The van der Waals surface area contributed by atoms with Gasteiger partial charge in [0.15, 0.2) is 0 Å². The van der Waals surface area contributed by atoms with Crippen molar-refractivity contribution in [1.29, 1.82) is 0 Å². The minimum atomic E-state index is -3.52. The highest BCUT2D eigenvalue weighted by molar-refractivity contribution is 7.89. The Morgan fingerprint density at radius 1 is 1.57 bits per heavy atom. The van der Waals surface area contributed by atoms with Crippen molar-refractivity contribution in [3.05, 3.63) is 12.4 Å². The fourth-order valence-electron chi connectivity index (χ4n) is 2.51. The second-order valence-corrected chi connectivity index (χ2v) is 7.24. The predicted octanol–water partition coefficient (Wildman–Crippen LogP) is 0.291. The van der Waals surface area contributed by atoms with Gasteiger partial charge < -0.3 is 10.1 Å². The maximum atomic E-state index is 12.6. The largest absolute Gasteiger partial charge is 0.377 e. The summed E-state index contributed by atoms with van der Waals surface area (Å²) in [5.41, 5.74) is 0. The van der Waals surface area contributed by atoms with Crippen LogP contribution in [0.15, 0.2) is 17.3 Å². The molecule has 1 aliphatic heterocycles. The number of ether oxygens (including phenoxy) is 1. The standard InChI is InChI=1S/C13H24N4O3S/c1-4-14-6-7-17-10-12(9-15-17)21(18,19)16(3)13-5-8-20-11(13)2/h9-11,13-14H,4-8H2,1-3H3. The summed E-state index contributed by atoms with van der Waals surface area (Å²) >= 11 is 0.